The van der Waals surface area contributed by atoms with Crippen molar-refractivity contribution in [2.45, 2.75) is 63.2 Å². The molecule has 2 N–H and O–H groups in total. The summed E-state index contributed by atoms with van der Waals surface area (Å²) in [5, 5.41) is 19.7. The van der Waals surface area contributed by atoms with Gasteiger partial charge in [0.05, 0.1) is 25.9 Å². The zero-order valence-corrected chi connectivity index (χ0v) is 15.2. The molecule has 3 rings (SSSR count). The summed E-state index contributed by atoms with van der Waals surface area (Å²) in [6.45, 7) is 2.46. The van der Waals surface area contributed by atoms with Gasteiger partial charge in [0.25, 0.3) is 0 Å². The van der Waals surface area contributed by atoms with Crippen LogP contribution in [0.5, 0.6) is 0 Å². The summed E-state index contributed by atoms with van der Waals surface area (Å²) in [6.07, 6.45) is 13.1. The van der Waals surface area contributed by atoms with Crippen LogP contribution in [0.3, 0.4) is 0 Å². The van der Waals surface area contributed by atoms with Gasteiger partial charge in [0.1, 0.15) is 0 Å². The normalized spacial score (nSPS) is 31.1. The third kappa shape index (κ3) is 4.87. The molecule has 1 saturated heterocycles. The summed E-state index contributed by atoms with van der Waals surface area (Å²) in [7, 11) is 1.58. The molecule has 1 unspecified atom stereocenters. The van der Waals surface area contributed by atoms with Crippen LogP contribution in [0.15, 0.2) is 35.3 Å². The number of likely N-dealkylation sites (tertiary alicyclic amines) is 1. The standard InChI is InChI=1S/C20H31NO4/c1-24-20-13-15(5-4-7-18(20)23)10-12-25-19-8-3-2-6-17(19)21-11-9-16(22)14-21/h5,7,13,16-17,19,22-23H,2-4,6,8-12,14H2,1H3/t16-,17-,19?/m1/s1. The second kappa shape index (κ2) is 8.88. The third-order valence-corrected chi connectivity index (χ3v) is 5.53. The van der Waals surface area contributed by atoms with E-state index < -0.39 is 0 Å². The molecule has 0 amide bonds. The molecule has 2 aliphatic carbocycles. The highest BCUT2D eigenvalue weighted by Gasteiger charge is 2.34. The van der Waals surface area contributed by atoms with Crippen molar-refractivity contribution in [3.05, 3.63) is 35.3 Å². The van der Waals surface area contributed by atoms with Gasteiger partial charge in [-0.15, -0.1) is 0 Å². The third-order valence-electron chi connectivity index (χ3n) is 5.53. The molecule has 0 aromatic carbocycles. The van der Waals surface area contributed by atoms with Gasteiger partial charge >= 0.3 is 0 Å². The lowest BCUT2D eigenvalue weighted by Crippen LogP contribution is -2.46. The van der Waals surface area contributed by atoms with Gasteiger partial charge in [0.2, 0.25) is 0 Å². The van der Waals surface area contributed by atoms with Gasteiger partial charge in [-0.3, -0.25) is 4.90 Å². The lowest BCUT2D eigenvalue weighted by molar-refractivity contribution is -0.0314. The van der Waals surface area contributed by atoms with Crippen molar-refractivity contribution in [2.75, 3.05) is 26.8 Å². The van der Waals surface area contributed by atoms with Crippen LogP contribution in [0.4, 0.5) is 0 Å². The van der Waals surface area contributed by atoms with E-state index in [1.165, 1.54) is 19.3 Å². The number of aliphatic hydroxyl groups excluding tert-OH is 2. The minimum atomic E-state index is -0.170. The summed E-state index contributed by atoms with van der Waals surface area (Å²) >= 11 is 0. The molecule has 3 atom stereocenters. The van der Waals surface area contributed by atoms with Crippen molar-refractivity contribution in [3.8, 4) is 0 Å². The maximum absolute atomic E-state index is 9.85. The Balaban J connectivity index is 1.52. The molecule has 5 nitrogen and oxygen atoms in total. The summed E-state index contributed by atoms with van der Waals surface area (Å²) < 4.78 is 11.5. The van der Waals surface area contributed by atoms with E-state index in [-0.39, 0.29) is 18.0 Å². The van der Waals surface area contributed by atoms with Crippen LogP contribution in [0.1, 0.15) is 44.9 Å². The number of rotatable bonds is 6. The lowest BCUT2D eigenvalue weighted by Gasteiger charge is -2.37. The largest absolute Gasteiger partial charge is 0.504 e. The van der Waals surface area contributed by atoms with Crippen LogP contribution < -0.4 is 0 Å². The molecule has 0 radical (unpaired) electrons. The molecule has 2 fully saturated rings. The predicted octanol–water partition coefficient (Wildman–Crippen LogP) is 3.07. The minimum Gasteiger partial charge on any atom is -0.504 e. The topological polar surface area (TPSA) is 62.2 Å². The molecule has 0 bridgehead atoms. The van der Waals surface area contributed by atoms with Gasteiger partial charge in [-0.1, -0.05) is 18.9 Å². The fraction of sp³-hybridized carbons (Fsp3) is 0.700. The fourth-order valence-electron chi connectivity index (χ4n) is 4.15. The van der Waals surface area contributed by atoms with E-state index in [0.717, 1.165) is 37.9 Å². The summed E-state index contributed by atoms with van der Waals surface area (Å²) in [5.41, 5.74) is 1.14. The summed E-state index contributed by atoms with van der Waals surface area (Å²) in [5.74, 6) is 0.722. The van der Waals surface area contributed by atoms with Crippen LogP contribution in [0.2, 0.25) is 0 Å². The number of hydrogen-bond acceptors (Lipinski definition) is 5. The smallest absolute Gasteiger partial charge is 0.160 e. The molecule has 5 heteroatoms. The van der Waals surface area contributed by atoms with Gasteiger partial charge in [0.15, 0.2) is 11.5 Å². The first-order chi connectivity index (χ1) is 12.2. The Hall–Kier alpha value is -1.30. The van der Waals surface area contributed by atoms with Gasteiger partial charge in [-0.2, -0.15) is 0 Å². The van der Waals surface area contributed by atoms with E-state index >= 15 is 0 Å². The highest BCUT2D eigenvalue weighted by molar-refractivity contribution is 5.33. The average molecular weight is 349 g/mol. The number of nitrogens with zero attached hydrogens (tertiary/aromatic N) is 1. The molecule has 25 heavy (non-hydrogen) atoms. The Labute approximate surface area is 150 Å². The Kier molecular flexibility index (Phi) is 6.57. The van der Waals surface area contributed by atoms with E-state index in [2.05, 4.69) is 11.0 Å². The average Bonchev–Trinajstić information content (AvgIpc) is 2.96. The maximum atomic E-state index is 9.85. The molecule has 1 heterocycles. The molecular formula is C20H31NO4. The van der Waals surface area contributed by atoms with Crippen molar-refractivity contribution in [1.82, 2.24) is 4.90 Å². The maximum Gasteiger partial charge on any atom is 0.160 e. The second-order valence-corrected chi connectivity index (χ2v) is 7.27. The zero-order valence-electron chi connectivity index (χ0n) is 15.2. The zero-order chi connectivity index (χ0) is 17.6. The Morgan fingerprint density at radius 1 is 1.20 bits per heavy atom. The molecule has 0 aromatic rings. The van der Waals surface area contributed by atoms with E-state index in [0.29, 0.717) is 24.8 Å². The van der Waals surface area contributed by atoms with Crippen LogP contribution in [0, 0.1) is 0 Å². The number of aliphatic hydroxyl groups is 2. The van der Waals surface area contributed by atoms with Gasteiger partial charge < -0.3 is 19.7 Å². The molecular weight excluding hydrogens is 318 g/mol. The van der Waals surface area contributed by atoms with Gasteiger partial charge in [-0.05, 0) is 49.8 Å². The van der Waals surface area contributed by atoms with Crippen molar-refractivity contribution in [3.63, 3.8) is 0 Å². The molecule has 0 aromatic heterocycles. The van der Waals surface area contributed by atoms with Gasteiger partial charge in [-0.25, -0.2) is 0 Å². The second-order valence-electron chi connectivity index (χ2n) is 7.27. The quantitative estimate of drug-likeness (QED) is 0.772. The van der Waals surface area contributed by atoms with E-state index in [1.54, 1.807) is 13.2 Å². The Bertz CT molecular complexity index is 540. The Morgan fingerprint density at radius 2 is 2.04 bits per heavy atom. The summed E-state index contributed by atoms with van der Waals surface area (Å²) in [6, 6.07) is 0.449. The van der Waals surface area contributed by atoms with Crippen LogP contribution in [-0.2, 0) is 9.47 Å². The van der Waals surface area contributed by atoms with Crippen molar-refractivity contribution >= 4 is 0 Å². The first kappa shape index (κ1) is 18.5. The molecule has 3 aliphatic rings. The Morgan fingerprint density at radius 3 is 2.80 bits per heavy atom. The SMILES string of the molecule is COC1=CC(CCOC2CCCC[C@H]2N2CC[C@@H](O)C2)=CCC=C1O. The molecule has 1 aliphatic heterocycles. The van der Waals surface area contributed by atoms with E-state index in [9.17, 15) is 10.2 Å². The number of allylic oxidation sites excluding steroid dienone is 3. The number of hydrogen-bond donors (Lipinski definition) is 2. The monoisotopic (exact) mass is 349 g/mol. The number of ether oxygens (including phenoxy) is 2. The highest BCUT2D eigenvalue weighted by atomic mass is 16.5. The molecule has 1 saturated carbocycles. The van der Waals surface area contributed by atoms with Gasteiger partial charge in [0, 0.05) is 19.1 Å². The molecule has 140 valence electrons. The molecule has 0 spiro atoms. The summed E-state index contributed by atoms with van der Waals surface area (Å²) in [4.78, 5) is 2.42. The fourth-order valence-corrected chi connectivity index (χ4v) is 4.15. The van der Waals surface area contributed by atoms with Crippen molar-refractivity contribution < 1.29 is 19.7 Å². The minimum absolute atomic E-state index is 0.170. The van der Waals surface area contributed by atoms with Crippen molar-refractivity contribution in [2.24, 2.45) is 0 Å². The predicted molar refractivity (Wildman–Crippen MR) is 97.3 cm³/mol. The van der Waals surface area contributed by atoms with E-state index in [1.807, 2.05) is 6.08 Å². The van der Waals surface area contributed by atoms with Crippen molar-refractivity contribution in [1.29, 1.82) is 0 Å². The first-order valence-electron chi connectivity index (χ1n) is 9.55. The number of methoxy groups -OCH3 is 1. The van der Waals surface area contributed by atoms with Crippen LogP contribution >= 0.6 is 0 Å². The first-order valence-corrected chi connectivity index (χ1v) is 9.55. The van der Waals surface area contributed by atoms with Crippen LogP contribution in [-0.4, -0.2) is 60.2 Å². The number of β-amino-alcohol motifs (C(OH)–C–C–N with tert-alkyl or cyclic N) is 1. The van der Waals surface area contributed by atoms with E-state index in [4.69, 9.17) is 9.47 Å². The highest BCUT2D eigenvalue weighted by Crippen LogP contribution is 2.29. The lowest BCUT2D eigenvalue weighted by atomic mass is 9.91. The van der Waals surface area contributed by atoms with Crippen LogP contribution in [0.25, 0.3) is 0 Å².